The number of nitrogens with zero attached hydrogens (tertiary/aromatic N) is 2. The third-order valence-electron chi connectivity index (χ3n) is 3.64. The SMILES string of the molecule is COc1[c]cc2c(Nc3ccc(F)c(Cl)c3)c(C#N)c(C(N)=O)nc2c1. The van der Waals surface area contributed by atoms with Gasteiger partial charge in [-0.15, -0.1) is 0 Å². The molecule has 0 atom stereocenters. The molecule has 8 heteroatoms. The Bertz CT molecular complexity index is 1080. The first-order valence-corrected chi connectivity index (χ1v) is 7.67. The van der Waals surface area contributed by atoms with E-state index in [0.29, 0.717) is 22.3 Å². The van der Waals surface area contributed by atoms with Crippen LogP contribution in [0, 0.1) is 23.2 Å². The number of nitrogens with two attached hydrogens (primary N) is 1. The van der Waals surface area contributed by atoms with E-state index < -0.39 is 11.7 Å². The molecule has 0 aliphatic rings. The number of fused-ring (bicyclic) bond motifs is 1. The van der Waals surface area contributed by atoms with Crippen molar-refractivity contribution in [2.45, 2.75) is 0 Å². The fourth-order valence-electron chi connectivity index (χ4n) is 2.44. The average molecular weight is 370 g/mol. The highest BCUT2D eigenvalue weighted by atomic mass is 35.5. The van der Waals surface area contributed by atoms with Crippen LogP contribution in [0.15, 0.2) is 30.3 Å². The predicted molar refractivity (Wildman–Crippen MR) is 95.1 cm³/mol. The summed E-state index contributed by atoms with van der Waals surface area (Å²) in [5.74, 6) is -1.02. The molecule has 0 aliphatic heterocycles. The summed E-state index contributed by atoms with van der Waals surface area (Å²) in [7, 11) is 1.47. The van der Waals surface area contributed by atoms with Gasteiger partial charge in [-0.05, 0) is 24.3 Å². The van der Waals surface area contributed by atoms with Crippen molar-refractivity contribution in [3.05, 3.63) is 58.5 Å². The van der Waals surface area contributed by atoms with Gasteiger partial charge in [-0.3, -0.25) is 4.79 Å². The third-order valence-corrected chi connectivity index (χ3v) is 3.93. The number of primary amides is 1. The largest absolute Gasteiger partial charge is 0.496 e. The summed E-state index contributed by atoms with van der Waals surface area (Å²) in [6.07, 6.45) is 0. The number of aromatic nitrogens is 1. The highest BCUT2D eigenvalue weighted by Gasteiger charge is 2.19. The summed E-state index contributed by atoms with van der Waals surface area (Å²) in [4.78, 5) is 15.9. The molecule has 2 aromatic carbocycles. The number of nitrogens with one attached hydrogen (secondary N) is 1. The highest BCUT2D eigenvalue weighted by molar-refractivity contribution is 6.31. The van der Waals surface area contributed by atoms with Crippen LogP contribution in [0.2, 0.25) is 5.02 Å². The third kappa shape index (κ3) is 3.10. The Morgan fingerprint density at radius 2 is 2.23 bits per heavy atom. The molecular weight excluding hydrogens is 359 g/mol. The first-order chi connectivity index (χ1) is 12.4. The second-order valence-electron chi connectivity index (χ2n) is 5.24. The van der Waals surface area contributed by atoms with E-state index in [1.165, 1.54) is 25.3 Å². The minimum Gasteiger partial charge on any atom is -0.496 e. The Morgan fingerprint density at radius 3 is 2.85 bits per heavy atom. The van der Waals surface area contributed by atoms with Crippen molar-refractivity contribution in [3.8, 4) is 11.8 Å². The first kappa shape index (κ1) is 17.5. The van der Waals surface area contributed by atoms with Crippen LogP contribution in [-0.2, 0) is 0 Å². The van der Waals surface area contributed by atoms with Gasteiger partial charge in [-0.1, -0.05) is 11.6 Å². The van der Waals surface area contributed by atoms with Crippen LogP contribution in [0.4, 0.5) is 15.8 Å². The molecule has 1 aromatic heterocycles. The molecule has 6 nitrogen and oxygen atoms in total. The summed E-state index contributed by atoms with van der Waals surface area (Å²) in [6.45, 7) is 0. The molecule has 1 heterocycles. The molecule has 0 saturated heterocycles. The van der Waals surface area contributed by atoms with Crippen molar-refractivity contribution in [3.63, 3.8) is 0 Å². The number of ether oxygens (including phenoxy) is 1. The second-order valence-corrected chi connectivity index (χ2v) is 5.65. The van der Waals surface area contributed by atoms with Crippen LogP contribution in [0.3, 0.4) is 0 Å². The summed E-state index contributed by atoms with van der Waals surface area (Å²) in [5, 5.41) is 12.9. The average Bonchev–Trinajstić information content (AvgIpc) is 2.63. The molecule has 0 aliphatic carbocycles. The maximum atomic E-state index is 13.4. The maximum Gasteiger partial charge on any atom is 0.268 e. The van der Waals surface area contributed by atoms with Crippen molar-refractivity contribution in [1.29, 1.82) is 5.26 Å². The first-order valence-electron chi connectivity index (χ1n) is 7.30. The second kappa shape index (κ2) is 6.86. The molecule has 1 amide bonds. The van der Waals surface area contributed by atoms with E-state index in [1.807, 2.05) is 6.07 Å². The van der Waals surface area contributed by atoms with E-state index in [4.69, 9.17) is 22.1 Å². The van der Waals surface area contributed by atoms with Crippen LogP contribution in [0.5, 0.6) is 5.75 Å². The normalized spacial score (nSPS) is 10.4. The Hall–Kier alpha value is -3.37. The molecular formula is C18H11ClFN4O2. The van der Waals surface area contributed by atoms with Gasteiger partial charge in [0.1, 0.15) is 28.9 Å². The van der Waals surface area contributed by atoms with Gasteiger partial charge >= 0.3 is 0 Å². The van der Waals surface area contributed by atoms with Crippen LogP contribution in [0.1, 0.15) is 16.1 Å². The Kier molecular flexibility index (Phi) is 4.61. The van der Waals surface area contributed by atoms with Gasteiger partial charge in [0, 0.05) is 23.2 Å². The number of carbonyl (C=O) groups is 1. The van der Waals surface area contributed by atoms with E-state index in [0.717, 1.165) is 0 Å². The van der Waals surface area contributed by atoms with Gasteiger partial charge in [0.2, 0.25) is 0 Å². The van der Waals surface area contributed by atoms with Gasteiger partial charge in [0.05, 0.1) is 23.3 Å². The van der Waals surface area contributed by atoms with Gasteiger partial charge in [-0.2, -0.15) is 5.26 Å². The summed E-state index contributed by atoms with van der Waals surface area (Å²) in [5.41, 5.74) is 6.23. The van der Waals surface area contributed by atoms with Crippen molar-refractivity contribution in [2.75, 3.05) is 12.4 Å². The number of methoxy groups -OCH3 is 1. The van der Waals surface area contributed by atoms with Crippen molar-refractivity contribution < 1.29 is 13.9 Å². The number of hydrogen-bond donors (Lipinski definition) is 2. The van der Waals surface area contributed by atoms with E-state index >= 15 is 0 Å². The van der Waals surface area contributed by atoms with E-state index in [1.54, 1.807) is 12.1 Å². The number of carbonyl (C=O) groups excluding carboxylic acids is 1. The molecule has 3 rings (SSSR count). The van der Waals surface area contributed by atoms with Crippen molar-refractivity contribution in [2.24, 2.45) is 5.73 Å². The van der Waals surface area contributed by atoms with Crippen LogP contribution >= 0.6 is 11.6 Å². The lowest BCUT2D eigenvalue weighted by atomic mass is 10.1. The molecule has 0 fully saturated rings. The van der Waals surface area contributed by atoms with Crippen LogP contribution in [0.25, 0.3) is 10.9 Å². The number of pyridine rings is 1. The number of halogens is 2. The zero-order valence-corrected chi connectivity index (χ0v) is 14.2. The lowest BCUT2D eigenvalue weighted by molar-refractivity contribution is 0.0995. The van der Waals surface area contributed by atoms with Gasteiger partial charge in [0.25, 0.3) is 5.91 Å². The molecule has 1 radical (unpaired) electrons. The van der Waals surface area contributed by atoms with Crippen molar-refractivity contribution >= 4 is 39.8 Å². The van der Waals surface area contributed by atoms with Gasteiger partial charge in [-0.25, -0.2) is 9.37 Å². The summed E-state index contributed by atoms with van der Waals surface area (Å²) < 4.78 is 18.5. The quantitative estimate of drug-likeness (QED) is 0.732. The fraction of sp³-hybridized carbons (Fsp3) is 0.0556. The minimum atomic E-state index is -0.851. The number of rotatable bonds is 4. The number of anilines is 2. The lowest BCUT2D eigenvalue weighted by Crippen LogP contribution is -2.16. The standard InChI is InChI=1S/C18H11ClFN4O2/c1-26-10-3-4-11-15(7-10)24-17(18(22)25)12(8-21)16(11)23-9-2-5-14(20)13(19)6-9/h2,4-7H,1H3,(H2,22,25)(H,23,24). The smallest absolute Gasteiger partial charge is 0.268 e. The molecule has 0 saturated carbocycles. The molecule has 0 bridgehead atoms. The van der Waals surface area contributed by atoms with Crippen molar-refractivity contribution in [1.82, 2.24) is 4.98 Å². The molecule has 26 heavy (non-hydrogen) atoms. The maximum absolute atomic E-state index is 13.4. The monoisotopic (exact) mass is 369 g/mol. The number of nitriles is 1. The molecule has 0 unspecified atom stereocenters. The summed E-state index contributed by atoms with van der Waals surface area (Å²) >= 11 is 5.80. The molecule has 129 valence electrons. The number of hydrogen-bond acceptors (Lipinski definition) is 5. The Labute approximate surface area is 153 Å². The Morgan fingerprint density at radius 1 is 1.46 bits per heavy atom. The molecule has 3 aromatic rings. The van der Waals surface area contributed by atoms with Crippen LogP contribution in [-0.4, -0.2) is 18.0 Å². The van der Waals surface area contributed by atoms with E-state index in [-0.39, 0.29) is 22.0 Å². The van der Waals surface area contributed by atoms with Gasteiger partial charge in [0.15, 0.2) is 0 Å². The predicted octanol–water partition coefficient (Wildman–Crippen LogP) is 3.55. The minimum absolute atomic E-state index is 0.0379. The topological polar surface area (TPSA) is 101 Å². The number of benzene rings is 2. The molecule has 0 spiro atoms. The molecule has 3 N–H and O–H groups in total. The zero-order valence-electron chi connectivity index (χ0n) is 13.4. The highest BCUT2D eigenvalue weighted by Crippen LogP contribution is 2.33. The fourth-order valence-corrected chi connectivity index (χ4v) is 2.62. The number of amides is 1. The Balaban J connectivity index is 2.28. The lowest BCUT2D eigenvalue weighted by Gasteiger charge is -2.14. The van der Waals surface area contributed by atoms with Gasteiger partial charge < -0.3 is 15.8 Å². The van der Waals surface area contributed by atoms with E-state index in [9.17, 15) is 14.4 Å². The van der Waals surface area contributed by atoms with Crippen LogP contribution < -0.4 is 15.8 Å². The zero-order chi connectivity index (χ0) is 18.8. The summed E-state index contributed by atoms with van der Waals surface area (Å²) in [6, 6.07) is 12.0. The van der Waals surface area contributed by atoms with E-state index in [2.05, 4.69) is 16.4 Å².